The number of amides is 2. The molecule has 2 fully saturated rings. The van der Waals surface area contributed by atoms with E-state index >= 15 is 0 Å². The number of nitrogens with one attached hydrogen (secondary N) is 1. The number of carbonyl (C=O) groups is 2. The van der Waals surface area contributed by atoms with Gasteiger partial charge in [0.1, 0.15) is 5.75 Å². The summed E-state index contributed by atoms with van der Waals surface area (Å²) in [5, 5.41) is 3.08. The Bertz CT molecular complexity index is 897. The maximum atomic E-state index is 13.3. The molecule has 4 rings (SSSR count). The van der Waals surface area contributed by atoms with E-state index < -0.39 is 0 Å². The van der Waals surface area contributed by atoms with Gasteiger partial charge in [0.15, 0.2) is 0 Å². The first-order chi connectivity index (χ1) is 15.2. The molecule has 0 radical (unpaired) electrons. The van der Waals surface area contributed by atoms with Crippen LogP contribution in [-0.2, 0) is 4.79 Å². The van der Waals surface area contributed by atoms with Gasteiger partial charge in [-0.25, -0.2) is 0 Å². The van der Waals surface area contributed by atoms with Crippen LogP contribution >= 0.6 is 0 Å². The molecule has 2 atom stereocenters. The number of para-hydroxylation sites is 2. The lowest BCUT2D eigenvalue weighted by Crippen LogP contribution is -2.53. The second-order valence-electron chi connectivity index (χ2n) is 8.07. The number of benzene rings is 1. The first kappa shape index (κ1) is 21.2. The number of piperazine rings is 1. The maximum Gasteiger partial charge on any atom is 0.251 e. The zero-order valence-corrected chi connectivity index (χ0v) is 18.0. The van der Waals surface area contributed by atoms with E-state index in [0.29, 0.717) is 25.3 Å². The molecular formula is C24H30N4O3. The molecule has 7 heteroatoms. The van der Waals surface area contributed by atoms with Crippen molar-refractivity contribution in [3.63, 3.8) is 0 Å². The van der Waals surface area contributed by atoms with Crippen molar-refractivity contribution < 1.29 is 14.3 Å². The van der Waals surface area contributed by atoms with Crippen LogP contribution < -0.4 is 15.0 Å². The Morgan fingerprint density at radius 3 is 2.55 bits per heavy atom. The minimum atomic E-state index is -0.145. The van der Waals surface area contributed by atoms with Crippen molar-refractivity contribution in [3.05, 3.63) is 54.4 Å². The lowest BCUT2D eigenvalue weighted by molar-refractivity contribution is -0.136. The van der Waals surface area contributed by atoms with E-state index in [1.165, 1.54) is 0 Å². The van der Waals surface area contributed by atoms with Gasteiger partial charge in [0, 0.05) is 50.2 Å². The molecule has 1 aromatic heterocycles. The summed E-state index contributed by atoms with van der Waals surface area (Å²) in [5.74, 6) is 0.771. The topological polar surface area (TPSA) is 74.8 Å². The minimum Gasteiger partial charge on any atom is -0.492 e. The summed E-state index contributed by atoms with van der Waals surface area (Å²) in [6.07, 6.45) is 5.84. The number of aromatic nitrogens is 1. The van der Waals surface area contributed by atoms with Crippen LogP contribution in [0, 0.1) is 5.92 Å². The van der Waals surface area contributed by atoms with Gasteiger partial charge in [0.25, 0.3) is 5.91 Å². The molecule has 2 heterocycles. The minimum absolute atomic E-state index is 0.107. The molecule has 1 aliphatic heterocycles. The predicted octanol–water partition coefficient (Wildman–Crippen LogP) is 2.73. The number of ether oxygens (including phenoxy) is 1. The van der Waals surface area contributed by atoms with E-state index in [-0.39, 0.29) is 23.8 Å². The lowest BCUT2D eigenvalue weighted by Gasteiger charge is -2.38. The maximum absolute atomic E-state index is 13.3. The molecule has 2 aliphatic rings. The fourth-order valence-electron chi connectivity index (χ4n) is 4.58. The van der Waals surface area contributed by atoms with Crippen molar-refractivity contribution in [1.29, 1.82) is 0 Å². The molecule has 1 aromatic carbocycles. The van der Waals surface area contributed by atoms with E-state index in [2.05, 4.69) is 21.3 Å². The average molecular weight is 423 g/mol. The Hall–Kier alpha value is -3.09. The summed E-state index contributed by atoms with van der Waals surface area (Å²) in [5.41, 5.74) is 1.66. The van der Waals surface area contributed by atoms with Crippen LogP contribution in [0.5, 0.6) is 5.75 Å². The normalized spacial score (nSPS) is 21.1. The van der Waals surface area contributed by atoms with Crippen LogP contribution in [0.15, 0.2) is 48.8 Å². The molecule has 0 unspecified atom stereocenters. The fraction of sp³-hybridized carbons (Fsp3) is 0.458. The number of hydrogen-bond donors (Lipinski definition) is 1. The van der Waals surface area contributed by atoms with Crippen LogP contribution in [0.2, 0.25) is 0 Å². The Labute approximate surface area is 183 Å². The SMILES string of the molecule is CCOc1ccccc1N1CCN(C(=O)[C@H]2CCC[C@H]2NC(=O)c2ccncc2)CC1. The molecule has 1 N–H and O–H groups in total. The van der Waals surface area contributed by atoms with Gasteiger partial charge >= 0.3 is 0 Å². The number of carbonyl (C=O) groups excluding carboxylic acids is 2. The Morgan fingerprint density at radius 2 is 1.81 bits per heavy atom. The molecule has 7 nitrogen and oxygen atoms in total. The largest absolute Gasteiger partial charge is 0.492 e. The summed E-state index contributed by atoms with van der Waals surface area (Å²) >= 11 is 0. The monoisotopic (exact) mass is 422 g/mol. The highest BCUT2D eigenvalue weighted by Gasteiger charge is 2.37. The predicted molar refractivity (Wildman–Crippen MR) is 119 cm³/mol. The van der Waals surface area contributed by atoms with E-state index in [4.69, 9.17) is 4.74 Å². The summed E-state index contributed by atoms with van der Waals surface area (Å²) in [4.78, 5) is 34.0. The molecule has 31 heavy (non-hydrogen) atoms. The van der Waals surface area contributed by atoms with Crippen LogP contribution in [0.1, 0.15) is 36.5 Å². The molecular weight excluding hydrogens is 392 g/mol. The molecule has 0 bridgehead atoms. The number of anilines is 1. The number of rotatable bonds is 6. The Balaban J connectivity index is 1.35. The van der Waals surface area contributed by atoms with Gasteiger partial charge in [-0.05, 0) is 44.0 Å². The Morgan fingerprint density at radius 1 is 1.06 bits per heavy atom. The number of pyridine rings is 1. The van der Waals surface area contributed by atoms with Crippen molar-refractivity contribution in [3.8, 4) is 5.75 Å². The van der Waals surface area contributed by atoms with Crippen LogP contribution in [0.25, 0.3) is 0 Å². The van der Waals surface area contributed by atoms with Gasteiger partial charge < -0.3 is 19.9 Å². The third-order valence-electron chi connectivity index (χ3n) is 6.19. The molecule has 1 saturated heterocycles. The Kier molecular flexibility index (Phi) is 6.70. The molecule has 0 spiro atoms. The summed E-state index contributed by atoms with van der Waals surface area (Å²) in [7, 11) is 0. The molecule has 164 valence electrons. The van der Waals surface area contributed by atoms with Crippen LogP contribution in [0.3, 0.4) is 0 Å². The lowest BCUT2D eigenvalue weighted by atomic mass is 10.0. The smallest absolute Gasteiger partial charge is 0.251 e. The summed E-state index contributed by atoms with van der Waals surface area (Å²) in [6, 6.07) is 11.3. The number of hydrogen-bond acceptors (Lipinski definition) is 5. The average Bonchev–Trinajstić information content (AvgIpc) is 3.28. The third kappa shape index (κ3) is 4.81. The van der Waals surface area contributed by atoms with Gasteiger partial charge in [0.05, 0.1) is 18.2 Å². The summed E-state index contributed by atoms with van der Waals surface area (Å²) in [6.45, 7) is 5.53. The summed E-state index contributed by atoms with van der Waals surface area (Å²) < 4.78 is 5.77. The number of nitrogens with zero attached hydrogens (tertiary/aromatic N) is 3. The fourth-order valence-corrected chi connectivity index (χ4v) is 4.58. The van der Waals surface area contributed by atoms with Crippen LogP contribution in [0.4, 0.5) is 5.69 Å². The highest BCUT2D eigenvalue weighted by Crippen LogP contribution is 2.31. The van der Waals surface area contributed by atoms with Gasteiger partial charge in [0.2, 0.25) is 5.91 Å². The van der Waals surface area contributed by atoms with E-state index in [0.717, 1.165) is 43.8 Å². The van der Waals surface area contributed by atoms with Gasteiger partial charge in [-0.3, -0.25) is 14.6 Å². The first-order valence-corrected chi connectivity index (χ1v) is 11.1. The highest BCUT2D eigenvalue weighted by molar-refractivity contribution is 5.94. The van der Waals surface area contributed by atoms with E-state index in [9.17, 15) is 9.59 Å². The standard InChI is InChI=1S/C24H30N4O3/c1-2-31-22-9-4-3-8-21(22)27-14-16-28(17-15-27)24(30)19-6-5-7-20(19)26-23(29)18-10-12-25-13-11-18/h3-4,8-13,19-20H,2,5-7,14-17H2,1H3,(H,26,29)/t19-,20+/m0/s1. The molecule has 1 saturated carbocycles. The quantitative estimate of drug-likeness (QED) is 0.775. The molecule has 2 aromatic rings. The van der Waals surface area contributed by atoms with Crippen molar-refractivity contribution in [2.75, 3.05) is 37.7 Å². The van der Waals surface area contributed by atoms with E-state index in [1.807, 2.05) is 30.0 Å². The van der Waals surface area contributed by atoms with Gasteiger partial charge in [-0.1, -0.05) is 18.6 Å². The van der Waals surface area contributed by atoms with Gasteiger partial charge in [-0.2, -0.15) is 0 Å². The zero-order chi connectivity index (χ0) is 21.6. The second kappa shape index (κ2) is 9.81. The highest BCUT2D eigenvalue weighted by atomic mass is 16.5. The first-order valence-electron chi connectivity index (χ1n) is 11.1. The zero-order valence-electron chi connectivity index (χ0n) is 18.0. The second-order valence-corrected chi connectivity index (χ2v) is 8.07. The van der Waals surface area contributed by atoms with Crippen molar-refractivity contribution in [1.82, 2.24) is 15.2 Å². The van der Waals surface area contributed by atoms with Crippen molar-refractivity contribution in [2.24, 2.45) is 5.92 Å². The molecule has 2 amide bonds. The van der Waals surface area contributed by atoms with Gasteiger partial charge in [-0.15, -0.1) is 0 Å². The van der Waals surface area contributed by atoms with E-state index in [1.54, 1.807) is 24.5 Å². The van der Waals surface area contributed by atoms with Crippen molar-refractivity contribution >= 4 is 17.5 Å². The van der Waals surface area contributed by atoms with Crippen molar-refractivity contribution in [2.45, 2.75) is 32.2 Å². The third-order valence-corrected chi connectivity index (χ3v) is 6.19. The molecule has 1 aliphatic carbocycles. The van der Waals surface area contributed by atoms with Crippen LogP contribution in [-0.4, -0.2) is 60.5 Å².